The SMILES string of the molecule is CC(Cc1ccncc1)c1ccc(N)cc1. The molecule has 0 bridgehead atoms. The van der Waals surface area contributed by atoms with Gasteiger partial charge in [-0.05, 0) is 47.7 Å². The fourth-order valence-electron chi connectivity index (χ4n) is 1.81. The maximum Gasteiger partial charge on any atom is 0.0314 e. The predicted molar refractivity (Wildman–Crippen MR) is 67.2 cm³/mol. The van der Waals surface area contributed by atoms with Gasteiger partial charge in [0.05, 0.1) is 0 Å². The third-order valence-corrected chi connectivity index (χ3v) is 2.80. The van der Waals surface area contributed by atoms with E-state index in [1.165, 1.54) is 11.1 Å². The Morgan fingerprint density at radius 2 is 1.69 bits per heavy atom. The molecule has 0 aliphatic carbocycles. The maximum absolute atomic E-state index is 5.67. The van der Waals surface area contributed by atoms with Crippen LogP contribution in [0.2, 0.25) is 0 Å². The van der Waals surface area contributed by atoms with Crippen molar-refractivity contribution in [2.24, 2.45) is 0 Å². The molecule has 16 heavy (non-hydrogen) atoms. The minimum absolute atomic E-state index is 0.503. The fraction of sp³-hybridized carbons (Fsp3) is 0.214. The van der Waals surface area contributed by atoms with E-state index in [1.54, 1.807) is 0 Å². The van der Waals surface area contributed by atoms with Crippen molar-refractivity contribution < 1.29 is 0 Å². The van der Waals surface area contributed by atoms with Crippen molar-refractivity contribution >= 4 is 5.69 Å². The Morgan fingerprint density at radius 3 is 2.31 bits per heavy atom. The molecular formula is C14H16N2. The van der Waals surface area contributed by atoms with E-state index in [9.17, 15) is 0 Å². The Hall–Kier alpha value is -1.83. The normalized spacial score (nSPS) is 12.3. The molecule has 1 aromatic heterocycles. The van der Waals surface area contributed by atoms with Gasteiger partial charge in [-0.15, -0.1) is 0 Å². The molecule has 82 valence electrons. The molecule has 0 aliphatic heterocycles. The van der Waals surface area contributed by atoms with Crippen molar-refractivity contribution in [2.45, 2.75) is 19.3 Å². The lowest BCUT2D eigenvalue weighted by atomic mass is 9.94. The van der Waals surface area contributed by atoms with Crippen LogP contribution in [0.15, 0.2) is 48.8 Å². The summed E-state index contributed by atoms with van der Waals surface area (Å²) in [5.74, 6) is 0.503. The average molecular weight is 212 g/mol. The van der Waals surface area contributed by atoms with Gasteiger partial charge in [0.1, 0.15) is 0 Å². The number of hydrogen-bond donors (Lipinski definition) is 1. The minimum Gasteiger partial charge on any atom is -0.399 e. The first kappa shape index (κ1) is 10.7. The van der Waals surface area contributed by atoms with Gasteiger partial charge in [-0.2, -0.15) is 0 Å². The first-order valence-corrected chi connectivity index (χ1v) is 5.50. The van der Waals surface area contributed by atoms with Gasteiger partial charge in [0, 0.05) is 18.1 Å². The van der Waals surface area contributed by atoms with E-state index < -0.39 is 0 Å². The van der Waals surface area contributed by atoms with Crippen LogP contribution in [0.4, 0.5) is 5.69 Å². The lowest BCUT2D eigenvalue weighted by Gasteiger charge is -2.11. The highest BCUT2D eigenvalue weighted by Crippen LogP contribution is 2.20. The van der Waals surface area contributed by atoms with Crippen molar-refractivity contribution in [3.05, 3.63) is 59.9 Å². The second kappa shape index (κ2) is 4.79. The summed E-state index contributed by atoms with van der Waals surface area (Å²) in [6.45, 7) is 2.23. The standard InChI is InChI=1S/C14H16N2/c1-11(10-12-6-8-16-9-7-12)13-2-4-14(15)5-3-13/h2-9,11H,10,15H2,1H3. The Kier molecular flexibility index (Phi) is 3.20. The van der Waals surface area contributed by atoms with Crippen LogP contribution in [0, 0.1) is 0 Å². The average Bonchev–Trinajstić information content (AvgIpc) is 2.31. The number of nitrogen functional groups attached to an aromatic ring is 1. The van der Waals surface area contributed by atoms with Gasteiger partial charge in [-0.3, -0.25) is 4.98 Å². The zero-order valence-corrected chi connectivity index (χ0v) is 9.43. The van der Waals surface area contributed by atoms with Crippen molar-refractivity contribution in [3.8, 4) is 0 Å². The van der Waals surface area contributed by atoms with E-state index in [1.807, 2.05) is 24.5 Å². The van der Waals surface area contributed by atoms with Crippen LogP contribution in [0.3, 0.4) is 0 Å². The number of pyridine rings is 1. The van der Waals surface area contributed by atoms with E-state index in [0.29, 0.717) is 5.92 Å². The molecule has 1 aromatic carbocycles. The molecule has 0 saturated heterocycles. The monoisotopic (exact) mass is 212 g/mol. The third-order valence-electron chi connectivity index (χ3n) is 2.80. The second-order valence-electron chi connectivity index (χ2n) is 4.13. The van der Waals surface area contributed by atoms with Crippen LogP contribution in [-0.4, -0.2) is 4.98 Å². The summed E-state index contributed by atoms with van der Waals surface area (Å²) in [7, 11) is 0. The lowest BCUT2D eigenvalue weighted by molar-refractivity contribution is 0.758. The van der Waals surface area contributed by atoms with Gasteiger partial charge in [0.25, 0.3) is 0 Å². The number of aromatic nitrogens is 1. The summed E-state index contributed by atoms with van der Waals surface area (Å²) in [4.78, 5) is 4.02. The number of anilines is 1. The number of nitrogens with zero attached hydrogens (tertiary/aromatic N) is 1. The third kappa shape index (κ3) is 2.60. The molecule has 0 amide bonds. The van der Waals surface area contributed by atoms with Crippen molar-refractivity contribution in [1.82, 2.24) is 4.98 Å². The number of rotatable bonds is 3. The van der Waals surface area contributed by atoms with Crippen LogP contribution in [0.25, 0.3) is 0 Å². The molecule has 1 atom stereocenters. The van der Waals surface area contributed by atoms with E-state index >= 15 is 0 Å². The Morgan fingerprint density at radius 1 is 1.06 bits per heavy atom. The summed E-state index contributed by atoms with van der Waals surface area (Å²) < 4.78 is 0. The fourth-order valence-corrected chi connectivity index (χ4v) is 1.81. The predicted octanol–water partition coefficient (Wildman–Crippen LogP) is 3.01. The molecule has 2 heteroatoms. The number of nitrogens with two attached hydrogens (primary N) is 1. The van der Waals surface area contributed by atoms with Crippen LogP contribution in [0.1, 0.15) is 24.0 Å². The topological polar surface area (TPSA) is 38.9 Å². The molecule has 0 spiro atoms. The Bertz CT molecular complexity index is 434. The Labute approximate surface area is 96.1 Å². The molecular weight excluding hydrogens is 196 g/mol. The zero-order valence-electron chi connectivity index (χ0n) is 9.43. The van der Waals surface area contributed by atoms with Gasteiger partial charge >= 0.3 is 0 Å². The first-order valence-electron chi connectivity index (χ1n) is 5.50. The van der Waals surface area contributed by atoms with Crippen LogP contribution >= 0.6 is 0 Å². The summed E-state index contributed by atoms with van der Waals surface area (Å²) in [6.07, 6.45) is 4.71. The Balaban J connectivity index is 2.09. The van der Waals surface area contributed by atoms with Crippen molar-refractivity contribution in [1.29, 1.82) is 0 Å². The molecule has 1 heterocycles. The molecule has 2 aromatic rings. The van der Waals surface area contributed by atoms with Crippen molar-refractivity contribution in [3.63, 3.8) is 0 Å². The van der Waals surface area contributed by atoms with E-state index in [4.69, 9.17) is 5.73 Å². The molecule has 2 rings (SSSR count). The molecule has 2 N–H and O–H groups in total. The van der Waals surface area contributed by atoms with Gasteiger partial charge in [0.15, 0.2) is 0 Å². The van der Waals surface area contributed by atoms with Crippen LogP contribution in [-0.2, 0) is 6.42 Å². The molecule has 1 unspecified atom stereocenters. The smallest absolute Gasteiger partial charge is 0.0314 e. The van der Waals surface area contributed by atoms with Gasteiger partial charge in [0.2, 0.25) is 0 Å². The second-order valence-corrected chi connectivity index (χ2v) is 4.13. The van der Waals surface area contributed by atoms with Crippen LogP contribution < -0.4 is 5.73 Å². The lowest BCUT2D eigenvalue weighted by Crippen LogP contribution is -1.98. The minimum atomic E-state index is 0.503. The highest BCUT2D eigenvalue weighted by atomic mass is 14.6. The zero-order chi connectivity index (χ0) is 11.4. The summed E-state index contributed by atoms with van der Waals surface area (Å²) in [5.41, 5.74) is 9.13. The largest absolute Gasteiger partial charge is 0.399 e. The van der Waals surface area contributed by atoms with Gasteiger partial charge in [-0.25, -0.2) is 0 Å². The van der Waals surface area contributed by atoms with Gasteiger partial charge < -0.3 is 5.73 Å². The van der Waals surface area contributed by atoms with Gasteiger partial charge in [-0.1, -0.05) is 19.1 Å². The first-order chi connectivity index (χ1) is 7.75. The molecule has 0 radical (unpaired) electrons. The molecule has 0 saturated carbocycles. The number of hydrogen-bond acceptors (Lipinski definition) is 2. The van der Waals surface area contributed by atoms with E-state index in [2.05, 4.69) is 36.2 Å². The highest BCUT2D eigenvalue weighted by molar-refractivity contribution is 5.40. The summed E-state index contributed by atoms with van der Waals surface area (Å²) in [5, 5.41) is 0. The summed E-state index contributed by atoms with van der Waals surface area (Å²) >= 11 is 0. The molecule has 2 nitrogen and oxygen atoms in total. The highest BCUT2D eigenvalue weighted by Gasteiger charge is 2.05. The molecule has 0 fully saturated rings. The van der Waals surface area contributed by atoms with Crippen molar-refractivity contribution in [2.75, 3.05) is 5.73 Å². The van der Waals surface area contributed by atoms with E-state index in [0.717, 1.165) is 12.1 Å². The quantitative estimate of drug-likeness (QED) is 0.794. The molecule has 0 aliphatic rings. The summed E-state index contributed by atoms with van der Waals surface area (Å²) in [6, 6.07) is 12.2. The number of benzene rings is 1. The maximum atomic E-state index is 5.67. The van der Waals surface area contributed by atoms with E-state index in [-0.39, 0.29) is 0 Å². The van der Waals surface area contributed by atoms with Crippen LogP contribution in [0.5, 0.6) is 0 Å².